The Bertz CT molecular complexity index is 1800. The van der Waals surface area contributed by atoms with E-state index in [0.717, 1.165) is 38.5 Å². The number of benzene rings is 5. The molecule has 7 rings (SSSR count). The summed E-state index contributed by atoms with van der Waals surface area (Å²) in [5, 5.41) is 7.11. The average Bonchev–Trinajstić information content (AvgIpc) is 3.38. The molecule has 6 aromatic rings. The molecule has 1 aliphatic heterocycles. The van der Waals surface area contributed by atoms with Gasteiger partial charge in [0.05, 0.1) is 11.2 Å². The van der Waals surface area contributed by atoms with Gasteiger partial charge in [0.2, 0.25) is 0 Å². The van der Waals surface area contributed by atoms with E-state index in [0.29, 0.717) is 0 Å². The Kier molecular flexibility index (Phi) is 4.49. The van der Waals surface area contributed by atoms with Crippen molar-refractivity contribution >= 4 is 56.1 Å². The normalized spacial score (nSPS) is 17.1. The fourth-order valence-electron chi connectivity index (χ4n) is 5.49. The minimum Gasteiger partial charge on any atom is -0.455 e. The van der Waals surface area contributed by atoms with Gasteiger partial charge in [-0.2, -0.15) is 0 Å². The van der Waals surface area contributed by atoms with Crippen LogP contribution in [0.15, 0.2) is 95.4 Å². The predicted molar refractivity (Wildman–Crippen MR) is 150 cm³/mol. The summed E-state index contributed by atoms with van der Waals surface area (Å²) >= 11 is 0. The molecular formula is C32H27BO3. The first-order valence-electron chi connectivity index (χ1n) is 12.5. The summed E-state index contributed by atoms with van der Waals surface area (Å²) in [5.74, 6) is 0. The molecule has 3 nitrogen and oxygen atoms in total. The Morgan fingerprint density at radius 3 is 1.86 bits per heavy atom. The van der Waals surface area contributed by atoms with E-state index < -0.39 is 7.12 Å². The molecule has 176 valence electrons. The molecule has 1 fully saturated rings. The molecule has 0 spiro atoms. The van der Waals surface area contributed by atoms with Gasteiger partial charge in [0.25, 0.3) is 0 Å². The Morgan fingerprint density at radius 1 is 0.556 bits per heavy atom. The fourth-order valence-corrected chi connectivity index (χ4v) is 5.49. The molecule has 36 heavy (non-hydrogen) atoms. The molecule has 1 aromatic heterocycles. The van der Waals surface area contributed by atoms with Crippen LogP contribution in [-0.4, -0.2) is 18.3 Å². The van der Waals surface area contributed by atoms with E-state index in [1.807, 2.05) is 0 Å². The van der Waals surface area contributed by atoms with Gasteiger partial charge < -0.3 is 13.7 Å². The Labute approximate surface area is 210 Å². The highest BCUT2D eigenvalue weighted by Gasteiger charge is 2.51. The summed E-state index contributed by atoms with van der Waals surface area (Å²) < 4.78 is 19.4. The van der Waals surface area contributed by atoms with E-state index in [-0.39, 0.29) is 11.2 Å². The summed E-state index contributed by atoms with van der Waals surface area (Å²) in [6.07, 6.45) is 0. The van der Waals surface area contributed by atoms with Gasteiger partial charge in [0, 0.05) is 21.7 Å². The van der Waals surface area contributed by atoms with Crippen molar-refractivity contribution in [3.8, 4) is 11.1 Å². The average molecular weight is 470 g/mol. The molecule has 1 saturated heterocycles. The number of para-hydroxylation sites is 1. The van der Waals surface area contributed by atoms with Crippen molar-refractivity contribution < 1.29 is 13.7 Å². The number of hydrogen-bond donors (Lipinski definition) is 0. The van der Waals surface area contributed by atoms with E-state index in [4.69, 9.17) is 13.7 Å². The zero-order valence-electron chi connectivity index (χ0n) is 21.0. The van der Waals surface area contributed by atoms with Crippen molar-refractivity contribution in [1.29, 1.82) is 0 Å². The SMILES string of the molecule is CC1(C)OB(c2cccc(-c3cccc4c3oc3c5ccccc5c5ccccc5c43)c2)OC1(C)C. The smallest absolute Gasteiger partial charge is 0.455 e. The minimum atomic E-state index is -0.405. The molecule has 0 saturated carbocycles. The highest BCUT2D eigenvalue weighted by atomic mass is 16.7. The summed E-state index contributed by atoms with van der Waals surface area (Å²) in [7, 11) is -0.405. The van der Waals surface area contributed by atoms with Crippen LogP contribution in [0.4, 0.5) is 0 Å². The molecular weight excluding hydrogens is 443 g/mol. The van der Waals surface area contributed by atoms with Gasteiger partial charge in [-0.25, -0.2) is 0 Å². The third-order valence-electron chi connectivity index (χ3n) is 8.10. The maximum Gasteiger partial charge on any atom is 0.494 e. The second-order valence-corrected chi connectivity index (χ2v) is 10.8. The summed E-state index contributed by atoms with van der Waals surface area (Å²) in [5.41, 5.74) is 4.24. The third-order valence-corrected chi connectivity index (χ3v) is 8.10. The van der Waals surface area contributed by atoms with Crippen LogP contribution in [0.2, 0.25) is 0 Å². The molecule has 0 N–H and O–H groups in total. The van der Waals surface area contributed by atoms with E-state index in [1.54, 1.807) is 0 Å². The van der Waals surface area contributed by atoms with Crippen molar-refractivity contribution in [2.75, 3.05) is 0 Å². The first-order valence-corrected chi connectivity index (χ1v) is 12.5. The minimum absolute atomic E-state index is 0.380. The summed E-state index contributed by atoms with van der Waals surface area (Å²) in [6.45, 7) is 8.34. The van der Waals surface area contributed by atoms with Crippen molar-refractivity contribution in [3.63, 3.8) is 0 Å². The quantitative estimate of drug-likeness (QED) is 0.191. The van der Waals surface area contributed by atoms with E-state index in [9.17, 15) is 0 Å². The second kappa shape index (κ2) is 7.46. The summed E-state index contributed by atoms with van der Waals surface area (Å²) in [6, 6.07) is 32.0. The van der Waals surface area contributed by atoms with Crippen LogP contribution < -0.4 is 5.46 Å². The molecule has 0 bridgehead atoms. The molecule has 1 aliphatic rings. The molecule has 4 heteroatoms. The standard InChI is InChI=1S/C32H27BO3/c1-31(2)32(3,4)36-33(35-31)21-12-9-11-20(19-21)22-17-10-18-27-28-25-15-7-5-13-23(25)24-14-6-8-16-26(24)30(28)34-29(22)27/h5-19H,1-4H3. The zero-order valence-corrected chi connectivity index (χ0v) is 21.0. The molecule has 0 radical (unpaired) electrons. The molecule has 0 aliphatic carbocycles. The Morgan fingerprint density at radius 2 is 1.14 bits per heavy atom. The van der Waals surface area contributed by atoms with Gasteiger partial charge in [-0.3, -0.25) is 0 Å². The van der Waals surface area contributed by atoms with Gasteiger partial charge >= 0.3 is 7.12 Å². The maximum atomic E-state index is 6.73. The van der Waals surface area contributed by atoms with Crippen LogP contribution in [0.5, 0.6) is 0 Å². The lowest BCUT2D eigenvalue weighted by molar-refractivity contribution is 0.00578. The van der Waals surface area contributed by atoms with Gasteiger partial charge in [-0.1, -0.05) is 91.0 Å². The van der Waals surface area contributed by atoms with Gasteiger partial charge in [0.1, 0.15) is 11.2 Å². The molecule has 2 heterocycles. The summed E-state index contributed by atoms with van der Waals surface area (Å²) in [4.78, 5) is 0. The van der Waals surface area contributed by atoms with E-state index in [1.165, 1.54) is 21.5 Å². The Balaban J connectivity index is 1.46. The molecule has 0 atom stereocenters. The van der Waals surface area contributed by atoms with Gasteiger partial charge in [-0.05, 0) is 54.9 Å². The lowest BCUT2D eigenvalue weighted by Crippen LogP contribution is -2.41. The maximum absolute atomic E-state index is 6.73. The van der Waals surface area contributed by atoms with Gasteiger partial charge in [-0.15, -0.1) is 0 Å². The first-order chi connectivity index (χ1) is 17.3. The van der Waals surface area contributed by atoms with Crippen LogP contribution >= 0.6 is 0 Å². The van der Waals surface area contributed by atoms with E-state index in [2.05, 4.69) is 119 Å². The highest BCUT2D eigenvalue weighted by molar-refractivity contribution is 6.62. The highest BCUT2D eigenvalue weighted by Crippen LogP contribution is 2.43. The third kappa shape index (κ3) is 3.01. The molecule has 0 unspecified atom stereocenters. The van der Waals surface area contributed by atoms with Crippen LogP contribution in [0.25, 0.3) is 54.6 Å². The Hall–Kier alpha value is -3.60. The van der Waals surface area contributed by atoms with Crippen LogP contribution in [-0.2, 0) is 9.31 Å². The van der Waals surface area contributed by atoms with Crippen molar-refractivity contribution in [1.82, 2.24) is 0 Å². The zero-order chi connectivity index (χ0) is 24.7. The van der Waals surface area contributed by atoms with Gasteiger partial charge in [0.15, 0.2) is 0 Å². The largest absolute Gasteiger partial charge is 0.494 e. The molecule has 5 aromatic carbocycles. The topological polar surface area (TPSA) is 31.6 Å². The monoisotopic (exact) mass is 470 g/mol. The van der Waals surface area contributed by atoms with Crippen LogP contribution in [0.3, 0.4) is 0 Å². The molecule has 0 amide bonds. The van der Waals surface area contributed by atoms with E-state index >= 15 is 0 Å². The number of fused-ring (bicyclic) bond motifs is 8. The fraction of sp³-hybridized carbons (Fsp3) is 0.188. The number of rotatable bonds is 2. The van der Waals surface area contributed by atoms with Crippen molar-refractivity contribution in [2.45, 2.75) is 38.9 Å². The van der Waals surface area contributed by atoms with Crippen LogP contribution in [0.1, 0.15) is 27.7 Å². The first kappa shape index (κ1) is 21.7. The lowest BCUT2D eigenvalue weighted by atomic mass is 9.78. The number of furan rings is 1. The van der Waals surface area contributed by atoms with Crippen LogP contribution in [0, 0.1) is 0 Å². The van der Waals surface area contributed by atoms with Crippen molar-refractivity contribution in [3.05, 3.63) is 91.0 Å². The second-order valence-electron chi connectivity index (χ2n) is 10.8. The predicted octanol–water partition coefficient (Wildman–Crippen LogP) is 7.86. The van der Waals surface area contributed by atoms with Crippen molar-refractivity contribution in [2.24, 2.45) is 0 Å². The lowest BCUT2D eigenvalue weighted by Gasteiger charge is -2.32. The number of hydrogen-bond acceptors (Lipinski definition) is 3.